The highest BCUT2D eigenvalue weighted by atomic mass is 15.2. The number of nitrogens with one attached hydrogen (secondary N) is 3. The fourth-order valence-electron chi connectivity index (χ4n) is 3.06. The lowest BCUT2D eigenvalue weighted by Crippen LogP contribution is -2.35. The first-order chi connectivity index (χ1) is 13.3. The Balaban J connectivity index is 1.53. The van der Waals surface area contributed by atoms with E-state index in [1.807, 2.05) is 49.5 Å². The van der Waals surface area contributed by atoms with E-state index in [4.69, 9.17) is 0 Å². The SMILES string of the molecule is Cc1cnc(NC2CCNCC2)nc1Nc1ccnc(-c2ccccc2)n1. The molecule has 0 radical (unpaired) electrons. The van der Waals surface area contributed by atoms with Crippen LogP contribution in [0.15, 0.2) is 48.8 Å². The maximum absolute atomic E-state index is 4.65. The van der Waals surface area contributed by atoms with Crippen molar-refractivity contribution >= 4 is 17.6 Å². The second-order valence-electron chi connectivity index (χ2n) is 6.65. The van der Waals surface area contributed by atoms with Gasteiger partial charge in [0, 0.05) is 29.6 Å². The molecule has 0 atom stereocenters. The Hall–Kier alpha value is -3.06. The van der Waals surface area contributed by atoms with Crippen LogP contribution in [-0.4, -0.2) is 39.1 Å². The zero-order valence-corrected chi connectivity index (χ0v) is 15.3. The molecule has 7 nitrogen and oxygen atoms in total. The highest BCUT2D eigenvalue weighted by molar-refractivity contribution is 5.61. The van der Waals surface area contributed by atoms with E-state index in [1.165, 1.54) is 0 Å². The number of rotatable bonds is 5. The van der Waals surface area contributed by atoms with Crippen LogP contribution in [0.25, 0.3) is 11.4 Å². The first kappa shape index (κ1) is 17.4. The van der Waals surface area contributed by atoms with Crippen LogP contribution in [0.4, 0.5) is 17.6 Å². The highest BCUT2D eigenvalue weighted by Crippen LogP contribution is 2.21. The Morgan fingerprint density at radius 2 is 1.81 bits per heavy atom. The fourth-order valence-corrected chi connectivity index (χ4v) is 3.06. The predicted molar refractivity (Wildman–Crippen MR) is 107 cm³/mol. The molecule has 0 saturated carbocycles. The van der Waals surface area contributed by atoms with Crippen molar-refractivity contribution in [1.82, 2.24) is 25.3 Å². The number of hydrogen-bond acceptors (Lipinski definition) is 7. The minimum absolute atomic E-state index is 0.408. The number of benzene rings is 1. The van der Waals surface area contributed by atoms with Crippen LogP contribution in [0.1, 0.15) is 18.4 Å². The van der Waals surface area contributed by atoms with Crippen LogP contribution < -0.4 is 16.0 Å². The van der Waals surface area contributed by atoms with E-state index in [0.717, 1.165) is 42.9 Å². The molecule has 1 aliphatic heterocycles. The summed E-state index contributed by atoms with van der Waals surface area (Å²) in [5.41, 5.74) is 1.94. The largest absolute Gasteiger partial charge is 0.351 e. The standard InChI is InChI=1S/C20H23N7/c1-14-13-23-20(24-16-7-10-21-11-8-16)27-18(14)25-17-9-12-22-19(26-17)15-5-3-2-4-6-15/h2-6,9,12-13,16,21H,7-8,10-11H2,1H3,(H2,22,23,24,25,26,27). The third-order valence-corrected chi connectivity index (χ3v) is 4.58. The van der Waals surface area contributed by atoms with E-state index in [2.05, 4.69) is 35.9 Å². The lowest BCUT2D eigenvalue weighted by atomic mass is 10.1. The number of aromatic nitrogens is 4. The summed E-state index contributed by atoms with van der Waals surface area (Å²) in [5.74, 6) is 2.78. The molecule has 3 aromatic rings. The lowest BCUT2D eigenvalue weighted by molar-refractivity contribution is 0.477. The molecule has 3 heterocycles. The van der Waals surface area contributed by atoms with Crippen molar-refractivity contribution in [2.45, 2.75) is 25.8 Å². The number of aryl methyl sites for hydroxylation is 1. The third kappa shape index (κ3) is 4.38. The first-order valence-electron chi connectivity index (χ1n) is 9.24. The summed E-state index contributed by atoms with van der Waals surface area (Å²) in [6.45, 7) is 4.03. The first-order valence-corrected chi connectivity index (χ1v) is 9.24. The van der Waals surface area contributed by atoms with E-state index in [9.17, 15) is 0 Å². The number of anilines is 3. The van der Waals surface area contributed by atoms with Gasteiger partial charge in [-0.25, -0.2) is 15.0 Å². The van der Waals surface area contributed by atoms with Crippen LogP contribution in [-0.2, 0) is 0 Å². The van der Waals surface area contributed by atoms with E-state index < -0.39 is 0 Å². The monoisotopic (exact) mass is 361 g/mol. The Morgan fingerprint density at radius 1 is 1.00 bits per heavy atom. The molecule has 0 amide bonds. The summed E-state index contributed by atoms with van der Waals surface area (Å²) in [6, 6.07) is 12.2. The van der Waals surface area contributed by atoms with Gasteiger partial charge in [0.25, 0.3) is 0 Å². The summed E-state index contributed by atoms with van der Waals surface area (Å²) in [4.78, 5) is 18.1. The maximum Gasteiger partial charge on any atom is 0.224 e. The summed E-state index contributed by atoms with van der Waals surface area (Å²) in [6.07, 6.45) is 5.74. The van der Waals surface area contributed by atoms with Crippen molar-refractivity contribution in [3.05, 3.63) is 54.4 Å². The Morgan fingerprint density at radius 3 is 2.63 bits per heavy atom. The smallest absolute Gasteiger partial charge is 0.224 e. The van der Waals surface area contributed by atoms with Crippen molar-refractivity contribution in [2.75, 3.05) is 23.7 Å². The minimum atomic E-state index is 0.408. The average molecular weight is 361 g/mol. The normalized spacial score (nSPS) is 14.7. The molecule has 0 unspecified atom stereocenters. The van der Waals surface area contributed by atoms with Crippen molar-refractivity contribution in [1.29, 1.82) is 0 Å². The summed E-state index contributed by atoms with van der Waals surface area (Å²) in [7, 11) is 0. The second-order valence-corrected chi connectivity index (χ2v) is 6.65. The Labute approximate surface area is 158 Å². The maximum atomic E-state index is 4.65. The van der Waals surface area contributed by atoms with Gasteiger partial charge in [-0.1, -0.05) is 30.3 Å². The lowest BCUT2D eigenvalue weighted by Gasteiger charge is -2.23. The number of piperidine rings is 1. The zero-order chi connectivity index (χ0) is 18.5. The van der Waals surface area contributed by atoms with Crippen molar-refractivity contribution < 1.29 is 0 Å². The molecule has 0 aliphatic carbocycles. The van der Waals surface area contributed by atoms with Gasteiger partial charge in [-0.3, -0.25) is 0 Å². The second kappa shape index (κ2) is 8.09. The van der Waals surface area contributed by atoms with Gasteiger partial charge in [0.05, 0.1) is 0 Å². The fraction of sp³-hybridized carbons (Fsp3) is 0.300. The summed E-state index contributed by atoms with van der Waals surface area (Å²) < 4.78 is 0. The molecule has 1 saturated heterocycles. The molecule has 0 bridgehead atoms. The molecular formula is C20H23N7. The quantitative estimate of drug-likeness (QED) is 0.643. The summed E-state index contributed by atoms with van der Waals surface area (Å²) >= 11 is 0. The molecule has 27 heavy (non-hydrogen) atoms. The van der Waals surface area contributed by atoms with Crippen molar-refractivity contribution in [3.63, 3.8) is 0 Å². The van der Waals surface area contributed by atoms with Gasteiger partial charge in [0.1, 0.15) is 11.6 Å². The van der Waals surface area contributed by atoms with Gasteiger partial charge in [0.2, 0.25) is 5.95 Å². The molecule has 3 N–H and O–H groups in total. The van der Waals surface area contributed by atoms with Gasteiger partial charge in [-0.2, -0.15) is 4.98 Å². The van der Waals surface area contributed by atoms with Crippen LogP contribution in [0.3, 0.4) is 0 Å². The van der Waals surface area contributed by atoms with Gasteiger partial charge in [-0.05, 0) is 38.9 Å². The zero-order valence-electron chi connectivity index (χ0n) is 15.3. The molecule has 4 rings (SSSR count). The van der Waals surface area contributed by atoms with Gasteiger partial charge in [-0.15, -0.1) is 0 Å². The number of hydrogen-bond donors (Lipinski definition) is 3. The molecule has 1 aliphatic rings. The van der Waals surface area contributed by atoms with Gasteiger partial charge in [0.15, 0.2) is 5.82 Å². The predicted octanol–water partition coefficient (Wildman–Crippen LogP) is 3.15. The van der Waals surface area contributed by atoms with E-state index in [1.54, 1.807) is 6.20 Å². The van der Waals surface area contributed by atoms with Crippen LogP contribution in [0.2, 0.25) is 0 Å². The van der Waals surface area contributed by atoms with E-state index in [-0.39, 0.29) is 0 Å². The van der Waals surface area contributed by atoms with Crippen LogP contribution in [0.5, 0.6) is 0 Å². The Bertz CT molecular complexity index is 892. The Kier molecular flexibility index (Phi) is 5.20. The number of nitrogens with zero attached hydrogens (tertiary/aromatic N) is 4. The molecule has 1 aromatic carbocycles. The molecule has 0 spiro atoms. The average Bonchev–Trinajstić information content (AvgIpc) is 2.72. The molecule has 138 valence electrons. The molecule has 2 aromatic heterocycles. The van der Waals surface area contributed by atoms with E-state index >= 15 is 0 Å². The van der Waals surface area contributed by atoms with Crippen LogP contribution in [0, 0.1) is 6.92 Å². The highest BCUT2D eigenvalue weighted by Gasteiger charge is 2.14. The van der Waals surface area contributed by atoms with Crippen molar-refractivity contribution in [3.8, 4) is 11.4 Å². The van der Waals surface area contributed by atoms with Gasteiger partial charge >= 0.3 is 0 Å². The van der Waals surface area contributed by atoms with Crippen molar-refractivity contribution in [2.24, 2.45) is 0 Å². The summed E-state index contributed by atoms with van der Waals surface area (Å²) in [5, 5.41) is 10.1. The minimum Gasteiger partial charge on any atom is -0.351 e. The van der Waals surface area contributed by atoms with Crippen LogP contribution >= 0.6 is 0 Å². The van der Waals surface area contributed by atoms with Gasteiger partial charge < -0.3 is 16.0 Å². The molecular weight excluding hydrogens is 338 g/mol. The molecule has 7 heteroatoms. The topological polar surface area (TPSA) is 87.7 Å². The third-order valence-electron chi connectivity index (χ3n) is 4.58. The van der Waals surface area contributed by atoms with E-state index in [0.29, 0.717) is 23.6 Å². The molecule has 1 fully saturated rings.